The molecule has 0 amide bonds. The van der Waals surface area contributed by atoms with Crippen LogP contribution >= 0.6 is 11.6 Å². The average Bonchev–Trinajstić information content (AvgIpc) is 2.86. The van der Waals surface area contributed by atoms with E-state index in [-0.39, 0.29) is 0 Å². The maximum Gasteiger partial charge on any atom is 0.158 e. The Bertz CT molecular complexity index is 527. The van der Waals surface area contributed by atoms with E-state index < -0.39 is 0 Å². The molecule has 0 N–H and O–H groups in total. The van der Waals surface area contributed by atoms with E-state index in [0.29, 0.717) is 5.88 Å². The molecule has 18 heavy (non-hydrogen) atoms. The number of rotatable bonds is 6. The molecule has 0 aliphatic carbocycles. The Labute approximate surface area is 113 Å². The number of aromatic nitrogens is 4. The van der Waals surface area contributed by atoms with Crippen LogP contribution in [0.2, 0.25) is 0 Å². The Morgan fingerprint density at radius 3 is 2.67 bits per heavy atom. The van der Waals surface area contributed by atoms with Gasteiger partial charge in [-0.05, 0) is 20.3 Å². The summed E-state index contributed by atoms with van der Waals surface area (Å²) in [5.41, 5.74) is 3.20. The zero-order chi connectivity index (χ0) is 13.1. The highest BCUT2D eigenvalue weighted by molar-refractivity contribution is 6.17. The first-order chi connectivity index (χ1) is 8.72. The van der Waals surface area contributed by atoms with Gasteiger partial charge in [-0.15, -0.1) is 11.6 Å². The molecule has 0 aromatic carbocycles. The molecule has 0 fully saturated rings. The van der Waals surface area contributed by atoms with Crippen molar-refractivity contribution in [2.24, 2.45) is 0 Å². The maximum atomic E-state index is 5.87. The molecule has 100 valence electrons. The number of imidazole rings is 1. The highest BCUT2D eigenvalue weighted by atomic mass is 35.5. The zero-order valence-electron chi connectivity index (χ0n) is 11.4. The number of hydrogen-bond donors (Lipinski definition) is 0. The SMILES string of the molecule is CCCCn1c(CCCl)nc2c(C)nn(CC)c21. The molecule has 5 heteroatoms. The van der Waals surface area contributed by atoms with E-state index >= 15 is 0 Å². The van der Waals surface area contributed by atoms with Crippen molar-refractivity contribution in [3.63, 3.8) is 0 Å². The minimum Gasteiger partial charge on any atom is -0.313 e. The number of alkyl halides is 1. The van der Waals surface area contributed by atoms with Crippen LogP contribution in [0.4, 0.5) is 0 Å². The quantitative estimate of drug-likeness (QED) is 0.755. The molecular formula is C13H21ClN4. The summed E-state index contributed by atoms with van der Waals surface area (Å²) in [5.74, 6) is 1.71. The van der Waals surface area contributed by atoms with Gasteiger partial charge in [-0.1, -0.05) is 13.3 Å². The molecule has 0 atom stereocenters. The van der Waals surface area contributed by atoms with Crippen LogP contribution in [0.5, 0.6) is 0 Å². The predicted octanol–water partition coefficient (Wildman–Crippen LogP) is 3.14. The molecule has 2 heterocycles. The van der Waals surface area contributed by atoms with Crippen LogP contribution in [0.25, 0.3) is 11.2 Å². The Morgan fingerprint density at radius 2 is 2.06 bits per heavy atom. The van der Waals surface area contributed by atoms with Gasteiger partial charge in [-0.25, -0.2) is 9.67 Å². The number of hydrogen-bond acceptors (Lipinski definition) is 2. The molecule has 0 aliphatic heterocycles. The van der Waals surface area contributed by atoms with E-state index in [0.717, 1.165) is 48.6 Å². The van der Waals surface area contributed by atoms with Crippen LogP contribution in [0, 0.1) is 6.92 Å². The molecule has 2 rings (SSSR count). The van der Waals surface area contributed by atoms with Gasteiger partial charge in [0.2, 0.25) is 0 Å². The third kappa shape index (κ3) is 2.26. The fraction of sp³-hybridized carbons (Fsp3) is 0.692. The summed E-state index contributed by atoms with van der Waals surface area (Å²) in [6.07, 6.45) is 3.16. The second-order valence-corrected chi connectivity index (χ2v) is 4.92. The number of fused-ring (bicyclic) bond motifs is 1. The van der Waals surface area contributed by atoms with Crippen molar-refractivity contribution in [1.82, 2.24) is 19.3 Å². The first-order valence-corrected chi connectivity index (χ1v) is 7.24. The van der Waals surface area contributed by atoms with Gasteiger partial charge in [-0.2, -0.15) is 5.10 Å². The van der Waals surface area contributed by atoms with E-state index in [9.17, 15) is 0 Å². The van der Waals surface area contributed by atoms with E-state index in [1.165, 1.54) is 6.42 Å². The summed E-state index contributed by atoms with van der Waals surface area (Å²) < 4.78 is 4.34. The molecule has 0 saturated carbocycles. The lowest BCUT2D eigenvalue weighted by Crippen LogP contribution is -2.09. The van der Waals surface area contributed by atoms with Crippen LogP contribution in [-0.4, -0.2) is 25.2 Å². The molecule has 2 aromatic rings. The van der Waals surface area contributed by atoms with Crippen LogP contribution in [0.3, 0.4) is 0 Å². The van der Waals surface area contributed by atoms with E-state index in [2.05, 4.69) is 23.5 Å². The van der Waals surface area contributed by atoms with Crippen molar-refractivity contribution in [2.45, 2.75) is 53.1 Å². The minimum absolute atomic E-state index is 0.615. The smallest absolute Gasteiger partial charge is 0.158 e. The third-order valence-corrected chi connectivity index (χ3v) is 3.42. The second kappa shape index (κ2) is 5.74. The molecule has 0 spiro atoms. The lowest BCUT2D eigenvalue weighted by atomic mass is 10.3. The Hall–Kier alpha value is -1.03. The van der Waals surface area contributed by atoms with E-state index in [1.807, 2.05) is 11.6 Å². The summed E-state index contributed by atoms with van der Waals surface area (Å²) in [4.78, 5) is 4.72. The van der Waals surface area contributed by atoms with Gasteiger partial charge in [0.15, 0.2) is 5.65 Å². The second-order valence-electron chi connectivity index (χ2n) is 4.55. The number of nitrogens with zero attached hydrogens (tertiary/aromatic N) is 4. The Balaban J connectivity index is 2.54. The zero-order valence-corrected chi connectivity index (χ0v) is 12.2. The van der Waals surface area contributed by atoms with Gasteiger partial charge < -0.3 is 4.57 Å². The summed E-state index contributed by atoms with van der Waals surface area (Å²) in [5, 5.41) is 4.54. The van der Waals surface area contributed by atoms with E-state index in [4.69, 9.17) is 16.6 Å². The highest BCUT2D eigenvalue weighted by Gasteiger charge is 2.17. The molecule has 4 nitrogen and oxygen atoms in total. The van der Waals surface area contributed by atoms with Crippen LogP contribution in [0.15, 0.2) is 0 Å². The summed E-state index contributed by atoms with van der Waals surface area (Å²) in [6.45, 7) is 8.23. The highest BCUT2D eigenvalue weighted by Crippen LogP contribution is 2.21. The topological polar surface area (TPSA) is 35.6 Å². The summed E-state index contributed by atoms with van der Waals surface area (Å²) >= 11 is 5.87. The number of unbranched alkanes of at least 4 members (excludes halogenated alkanes) is 1. The largest absolute Gasteiger partial charge is 0.313 e. The first-order valence-electron chi connectivity index (χ1n) is 6.71. The molecule has 2 aromatic heterocycles. The van der Waals surface area contributed by atoms with Crippen molar-refractivity contribution in [3.8, 4) is 0 Å². The molecule has 0 bridgehead atoms. The van der Waals surface area contributed by atoms with Gasteiger partial charge in [0, 0.05) is 25.4 Å². The number of aryl methyl sites for hydroxylation is 4. The summed E-state index contributed by atoms with van der Waals surface area (Å²) in [7, 11) is 0. The molecule has 0 aliphatic rings. The molecule has 0 radical (unpaired) electrons. The fourth-order valence-electron chi connectivity index (χ4n) is 2.32. The van der Waals surface area contributed by atoms with Gasteiger partial charge in [0.25, 0.3) is 0 Å². The van der Waals surface area contributed by atoms with Gasteiger partial charge in [0.05, 0.1) is 5.69 Å². The average molecular weight is 269 g/mol. The predicted molar refractivity (Wildman–Crippen MR) is 75.3 cm³/mol. The van der Waals surface area contributed by atoms with Gasteiger partial charge in [-0.3, -0.25) is 0 Å². The number of halogens is 1. The lowest BCUT2D eigenvalue weighted by Gasteiger charge is -2.09. The van der Waals surface area contributed by atoms with Crippen LogP contribution in [-0.2, 0) is 19.5 Å². The standard InChI is InChI=1S/C13H21ClN4/c1-4-6-9-17-11(7-8-14)15-12-10(3)16-18(5-2)13(12)17/h4-9H2,1-3H3. The van der Waals surface area contributed by atoms with Crippen molar-refractivity contribution in [2.75, 3.05) is 5.88 Å². The fourth-order valence-corrected chi connectivity index (χ4v) is 2.49. The Kier molecular flexibility index (Phi) is 4.27. The molecule has 0 saturated heterocycles. The van der Waals surface area contributed by atoms with Crippen molar-refractivity contribution in [3.05, 3.63) is 11.5 Å². The van der Waals surface area contributed by atoms with Crippen molar-refractivity contribution < 1.29 is 0 Å². The van der Waals surface area contributed by atoms with Crippen molar-refractivity contribution >= 4 is 22.8 Å². The minimum atomic E-state index is 0.615. The van der Waals surface area contributed by atoms with Crippen LogP contribution in [0.1, 0.15) is 38.2 Å². The first kappa shape index (κ1) is 13.4. The lowest BCUT2D eigenvalue weighted by molar-refractivity contribution is 0.584. The van der Waals surface area contributed by atoms with Crippen LogP contribution < -0.4 is 0 Å². The Morgan fingerprint density at radius 1 is 1.28 bits per heavy atom. The van der Waals surface area contributed by atoms with E-state index in [1.54, 1.807) is 0 Å². The third-order valence-electron chi connectivity index (χ3n) is 3.23. The summed E-state index contributed by atoms with van der Waals surface area (Å²) in [6, 6.07) is 0. The maximum absolute atomic E-state index is 5.87. The normalized spacial score (nSPS) is 11.6. The van der Waals surface area contributed by atoms with Gasteiger partial charge >= 0.3 is 0 Å². The van der Waals surface area contributed by atoms with Crippen molar-refractivity contribution in [1.29, 1.82) is 0 Å². The molecular weight excluding hydrogens is 248 g/mol. The molecule has 0 unspecified atom stereocenters. The van der Waals surface area contributed by atoms with Gasteiger partial charge in [0.1, 0.15) is 11.3 Å². The monoisotopic (exact) mass is 268 g/mol.